The SMILES string of the molecule is CCOCC(C)(N)c1noc(CCC(C)OC)n1. The molecule has 0 aliphatic carbocycles. The molecular formula is C12H23N3O3. The first-order valence-corrected chi connectivity index (χ1v) is 6.22. The summed E-state index contributed by atoms with van der Waals surface area (Å²) >= 11 is 0. The van der Waals surface area contributed by atoms with Crippen molar-refractivity contribution in [3.63, 3.8) is 0 Å². The van der Waals surface area contributed by atoms with Crippen molar-refractivity contribution in [3.05, 3.63) is 11.7 Å². The Bertz CT molecular complexity index is 352. The van der Waals surface area contributed by atoms with Gasteiger partial charge < -0.3 is 19.7 Å². The lowest BCUT2D eigenvalue weighted by atomic mass is 10.1. The maximum Gasteiger partial charge on any atom is 0.226 e. The van der Waals surface area contributed by atoms with E-state index >= 15 is 0 Å². The van der Waals surface area contributed by atoms with E-state index in [2.05, 4.69) is 10.1 Å². The molecule has 0 aliphatic heterocycles. The summed E-state index contributed by atoms with van der Waals surface area (Å²) in [6.07, 6.45) is 1.70. The topological polar surface area (TPSA) is 83.4 Å². The first-order valence-electron chi connectivity index (χ1n) is 6.22. The summed E-state index contributed by atoms with van der Waals surface area (Å²) in [5.74, 6) is 1.07. The van der Waals surface area contributed by atoms with Crippen molar-refractivity contribution in [2.24, 2.45) is 5.73 Å². The van der Waals surface area contributed by atoms with Crippen molar-refractivity contribution >= 4 is 0 Å². The Kier molecular flexibility index (Phi) is 5.71. The van der Waals surface area contributed by atoms with Crippen LogP contribution in [-0.4, -0.2) is 36.6 Å². The molecule has 0 aromatic carbocycles. The smallest absolute Gasteiger partial charge is 0.226 e. The largest absolute Gasteiger partial charge is 0.382 e. The number of nitrogens with zero attached hydrogens (tertiary/aromatic N) is 2. The fraction of sp³-hybridized carbons (Fsp3) is 0.833. The molecule has 1 aromatic heterocycles. The standard InChI is InChI=1S/C12H23N3O3/c1-5-17-8-12(3,13)11-14-10(18-15-11)7-6-9(2)16-4/h9H,5-8,13H2,1-4H3. The van der Waals surface area contributed by atoms with Crippen LogP contribution >= 0.6 is 0 Å². The molecular weight excluding hydrogens is 234 g/mol. The zero-order chi connectivity index (χ0) is 13.6. The third-order valence-electron chi connectivity index (χ3n) is 2.75. The van der Waals surface area contributed by atoms with Gasteiger partial charge in [0.15, 0.2) is 5.82 Å². The molecule has 1 aromatic rings. The molecule has 2 unspecified atom stereocenters. The quantitative estimate of drug-likeness (QED) is 0.754. The monoisotopic (exact) mass is 257 g/mol. The summed E-state index contributed by atoms with van der Waals surface area (Å²) in [5, 5.41) is 3.91. The van der Waals surface area contributed by atoms with Gasteiger partial charge in [-0.15, -0.1) is 0 Å². The summed E-state index contributed by atoms with van der Waals surface area (Å²) in [4.78, 5) is 4.30. The van der Waals surface area contributed by atoms with Crippen LogP contribution in [0.4, 0.5) is 0 Å². The lowest BCUT2D eigenvalue weighted by molar-refractivity contribution is 0.0962. The van der Waals surface area contributed by atoms with Crippen molar-refractivity contribution in [2.75, 3.05) is 20.3 Å². The van der Waals surface area contributed by atoms with Crippen molar-refractivity contribution in [1.82, 2.24) is 10.1 Å². The molecule has 1 heterocycles. The number of hydrogen-bond donors (Lipinski definition) is 1. The molecule has 0 aliphatic rings. The molecule has 18 heavy (non-hydrogen) atoms. The van der Waals surface area contributed by atoms with Gasteiger partial charge in [-0.2, -0.15) is 4.98 Å². The van der Waals surface area contributed by atoms with Crippen LogP contribution in [0, 0.1) is 0 Å². The Morgan fingerprint density at radius 2 is 2.22 bits per heavy atom. The van der Waals surface area contributed by atoms with Crippen LogP contribution in [0.15, 0.2) is 4.52 Å². The molecule has 1 rings (SSSR count). The van der Waals surface area contributed by atoms with Crippen molar-refractivity contribution in [2.45, 2.75) is 45.3 Å². The molecule has 0 saturated carbocycles. The Morgan fingerprint density at radius 1 is 1.50 bits per heavy atom. The first-order chi connectivity index (χ1) is 8.49. The fourth-order valence-electron chi connectivity index (χ4n) is 1.41. The molecule has 6 heteroatoms. The van der Waals surface area contributed by atoms with Crippen LogP contribution in [0.5, 0.6) is 0 Å². The van der Waals surface area contributed by atoms with Gasteiger partial charge in [-0.25, -0.2) is 0 Å². The van der Waals surface area contributed by atoms with Gasteiger partial charge in [-0.05, 0) is 27.2 Å². The minimum atomic E-state index is -0.718. The van der Waals surface area contributed by atoms with Crippen molar-refractivity contribution in [3.8, 4) is 0 Å². The van der Waals surface area contributed by atoms with E-state index in [0.717, 1.165) is 6.42 Å². The van der Waals surface area contributed by atoms with E-state index < -0.39 is 5.54 Å². The number of hydrogen-bond acceptors (Lipinski definition) is 6. The van der Waals surface area contributed by atoms with E-state index in [4.69, 9.17) is 19.7 Å². The molecule has 104 valence electrons. The third kappa shape index (κ3) is 4.36. The van der Waals surface area contributed by atoms with Gasteiger partial charge >= 0.3 is 0 Å². The van der Waals surface area contributed by atoms with Gasteiger partial charge in [0.2, 0.25) is 5.89 Å². The summed E-state index contributed by atoms with van der Waals surface area (Å²) in [5.41, 5.74) is 5.37. The zero-order valence-electron chi connectivity index (χ0n) is 11.6. The molecule has 6 nitrogen and oxygen atoms in total. The molecule has 2 N–H and O–H groups in total. The normalized spacial score (nSPS) is 16.5. The van der Waals surface area contributed by atoms with E-state index in [1.807, 2.05) is 20.8 Å². The van der Waals surface area contributed by atoms with Crippen LogP contribution in [0.2, 0.25) is 0 Å². The van der Waals surface area contributed by atoms with Gasteiger partial charge in [0.05, 0.1) is 12.7 Å². The Morgan fingerprint density at radius 3 is 2.83 bits per heavy atom. The average Bonchev–Trinajstić information content (AvgIpc) is 2.83. The lowest BCUT2D eigenvalue weighted by Crippen LogP contribution is -2.39. The van der Waals surface area contributed by atoms with Crippen molar-refractivity contribution in [1.29, 1.82) is 0 Å². The van der Waals surface area contributed by atoms with Crippen LogP contribution in [-0.2, 0) is 21.4 Å². The van der Waals surface area contributed by atoms with Gasteiger partial charge in [-0.3, -0.25) is 0 Å². The summed E-state index contributed by atoms with van der Waals surface area (Å²) in [7, 11) is 1.68. The number of aryl methyl sites for hydroxylation is 1. The predicted molar refractivity (Wildman–Crippen MR) is 67.1 cm³/mol. The van der Waals surface area contributed by atoms with E-state index in [-0.39, 0.29) is 6.10 Å². The molecule has 0 saturated heterocycles. The second kappa shape index (κ2) is 6.82. The highest BCUT2D eigenvalue weighted by molar-refractivity contribution is 5.01. The molecule has 2 atom stereocenters. The van der Waals surface area contributed by atoms with E-state index in [9.17, 15) is 0 Å². The summed E-state index contributed by atoms with van der Waals surface area (Å²) in [6, 6.07) is 0. The first kappa shape index (κ1) is 15.1. The number of ether oxygens (including phenoxy) is 2. The maximum atomic E-state index is 6.08. The summed E-state index contributed by atoms with van der Waals surface area (Å²) in [6.45, 7) is 6.73. The minimum Gasteiger partial charge on any atom is -0.382 e. The lowest BCUT2D eigenvalue weighted by Gasteiger charge is -2.19. The number of aromatic nitrogens is 2. The number of nitrogens with two attached hydrogens (primary N) is 1. The highest BCUT2D eigenvalue weighted by Crippen LogP contribution is 2.15. The second-order valence-electron chi connectivity index (χ2n) is 4.65. The van der Waals surface area contributed by atoms with Crippen LogP contribution < -0.4 is 5.73 Å². The minimum absolute atomic E-state index is 0.174. The maximum absolute atomic E-state index is 6.08. The third-order valence-corrected chi connectivity index (χ3v) is 2.75. The second-order valence-corrected chi connectivity index (χ2v) is 4.65. The zero-order valence-corrected chi connectivity index (χ0v) is 11.6. The van der Waals surface area contributed by atoms with Gasteiger partial charge in [0.1, 0.15) is 5.54 Å². The summed E-state index contributed by atoms with van der Waals surface area (Å²) < 4.78 is 15.6. The van der Waals surface area contributed by atoms with Gasteiger partial charge in [0, 0.05) is 20.1 Å². The van der Waals surface area contributed by atoms with E-state index in [1.165, 1.54) is 0 Å². The van der Waals surface area contributed by atoms with E-state index in [0.29, 0.717) is 31.3 Å². The molecule has 0 radical (unpaired) electrons. The highest BCUT2D eigenvalue weighted by Gasteiger charge is 2.27. The van der Waals surface area contributed by atoms with Crippen LogP contribution in [0.25, 0.3) is 0 Å². The van der Waals surface area contributed by atoms with Gasteiger partial charge in [-0.1, -0.05) is 5.16 Å². The van der Waals surface area contributed by atoms with Crippen LogP contribution in [0.1, 0.15) is 38.9 Å². The fourth-order valence-corrected chi connectivity index (χ4v) is 1.41. The average molecular weight is 257 g/mol. The number of rotatable bonds is 8. The Balaban J connectivity index is 2.56. The predicted octanol–water partition coefficient (Wildman–Crippen LogP) is 1.25. The van der Waals surface area contributed by atoms with E-state index in [1.54, 1.807) is 7.11 Å². The Labute approximate surface area is 108 Å². The number of methoxy groups -OCH3 is 1. The van der Waals surface area contributed by atoms with Crippen LogP contribution in [0.3, 0.4) is 0 Å². The Hall–Kier alpha value is -0.980. The van der Waals surface area contributed by atoms with Gasteiger partial charge in [0.25, 0.3) is 0 Å². The van der Waals surface area contributed by atoms with Crippen molar-refractivity contribution < 1.29 is 14.0 Å². The molecule has 0 spiro atoms. The molecule has 0 amide bonds. The molecule has 0 bridgehead atoms. The molecule has 0 fully saturated rings. The highest BCUT2D eigenvalue weighted by atomic mass is 16.5.